The fourth-order valence-corrected chi connectivity index (χ4v) is 1.38. The Labute approximate surface area is 97.7 Å². The first-order chi connectivity index (χ1) is 8.02. The summed E-state index contributed by atoms with van der Waals surface area (Å²) < 4.78 is 1.55. The maximum absolute atomic E-state index is 11.9. The van der Waals surface area contributed by atoms with E-state index < -0.39 is 5.54 Å². The number of nitrogens with one attached hydrogen (secondary N) is 1. The quantitative estimate of drug-likeness (QED) is 0.779. The summed E-state index contributed by atoms with van der Waals surface area (Å²) in [7, 11) is 0. The minimum Gasteiger partial charge on any atom is -0.340 e. The largest absolute Gasteiger partial charge is 0.340 e. The molecule has 0 atom stereocenters. The molecule has 2 aromatic heterocycles. The van der Waals surface area contributed by atoms with Gasteiger partial charge in [0.05, 0.1) is 22.8 Å². The average molecular weight is 232 g/mol. The molecule has 0 fully saturated rings. The van der Waals surface area contributed by atoms with Crippen molar-refractivity contribution in [3.05, 3.63) is 30.4 Å². The smallest absolute Gasteiger partial charge is 0.253 e. The summed E-state index contributed by atoms with van der Waals surface area (Å²) in [6.07, 6.45) is 5.28. The van der Waals surface area contributed by atoms with Gasteiger partial charge >= 0.3 is 0 Å². The third-order valence-corrected chi connectivity index (χ3v) is 2.27. The molecule has 0 aliphatic carbocycles. The van der Waals surface area contributed by atoms with Crippen molar-refractivity contribution in [2.75, 3.05) is 0 Å². The van der Waals surface area contributed by atoms with Gasteiger partial charge in [0, 0.05) is 6.20 Å². The summed E-state index contributed by atoms with van der Waals surface area (Å²) >= 11 is 0. The summed E-state index contributed by atoms with van der Waals surface area (Å²) in [6, 6.07) is 1.66. The number of aromatic nitrogens is 3. The van der Waals surface area contributed by atoms with E-state index in [4.69, 9.17) is 0 Å². The molecule has 1 N–H and O–H groups in total. The van der Waals surface area contributed by atoms with Gasteiger partial charge in [-0.2, -0.15) is 5.10 Å². The van der Waals surface area contributed by atoms with Gasteiger partial charge in [-0.3, -0.25) is 4.79 Å². The van der Waals surface area contributed by atoms with E-state index in [0.29, 0.717) is 11.8 Å². The lowest BCUT2D eigenvalue weighted by atomic mass is 10.1. The Kier molecular flexibility index (Phi) is 2.63. The van der Waals surface area contributed by atoms with Gasteiger partial charge in [-0.05, 0) is 19.9 Å². The first-order valence-corrected chi connectivity index (χ1v) is 5.09. The number of amides is 1. The van der Waals surface area contributed by atoms with Gasteiger partial charge in [-0.1, -0.05) is 0 Å². The molecule has 0 aliphatic rings. The second kappa shape index (κ2) is 3.97. The van der Waals surface area contributed by atoms with Crippen LogP contribution in [0, 0.1) is 0 Å². The van der Waals surface area contributed by atoms with Crippen molar-refractivity contribution in [2.24, 2.45) is 0 Å². The van der Waals surface area contributed by atoms with Crippen molar-refractivity contribution in [1.82, 2.24) is 19.9 Å². The van der Waals surface area contributed by atoms with Crippen molar-refractivity contribution < 1.29 is 9.59 Å². The third kappa shape index (κ3) is 2.30. The molecule has 0 radical (unpaired) electrons. The highest BCUT2D eigenvalue weighted by atomic mass is 16.2. The SMILES string of the molecule is CC(C)(C=O)NC(=O)c1cc2cncnn2c1. The minimum absolute atomic E-state index is 0.312. The fourth-order valence-electron chi connectivity index (χ4n) is 1.38. The number of carbonyl (C=O) groups is 2. The van der Waals surface area contributed by atoms with Crippen LogP contribution in [-0.4, -0.2) is 32.3 Å². The number of fused-ring (bicyclic) bond motifs is 1. The predicted octanol–water partition coefficient (Wildman–Crippen LogP) is 0.437. The van der Waals surface area contributed by atoms with Crippen LogP contribution < -0.4 is 5.32 Å². The molecule has 0 saturated carbocycles. The van der Waals surface area contributed by atoms with Crippen LogP contribution in [0.15, 0.2) is 24.8 Å². The van der Waals surface area contributed by atoms with Crippen molar-refractivity contribution in [1.29, 1.82) is 0 Å². The van der Waals surface area contributed by atoms with Crippen molar-refractivity contribution in [3.63, 3.8) is 0 Å². The minimum atomic E-state index is -0.878. The van der Waals surface area contributed by atoms with Crippen LogP contribution >= 0.6 is 0 Å². The Balaban J connectivity index is 2.28. The number of carbonyl (C=O) groups excluding carboxylic acids is 2. The summed E-state index contributed by atoms with van der Waals surface area (Å²) in [5.74, 6) is -0.312. The zero-order chi connectivity index (χ0) is 12.5. The van der Waals surface area contributed by atoms with Crippen molar-refractivity contribution in [2.45, 2.75) is 19.4 Å². The van der Waals surface area contributed by atoms with Crippen LogP contribution in [-0.2, 0) is 4.79 Å². The molecule has 0 aliphatic heterocycles. The average Bonchev–Trinajstić information content (AvgIpc) is 2.72. The number of aldehydes is 1. The Morgan fingerprint density at radius 2 is 2.29 bits per heavy atom. The van der Waals surface area contributed by atoms with Crippen LogP contribution in [0.3, 0.4) is 0 Å². The molecule has 0 spiro atoms. The second-order valence-corrected chi connectivity index (χ2v) is 4.30. The standard InChI is InChI=1S/C11H12N4O2/c1-11(2,6-16)14-10(17)8-3-9-4-12-7-13-15(9)5-8/h3-7H,1-2H3,(H,14,17). The predicted molar refractivity (Wildman–Crippen MR) is 60.6 cm³/mol. The normalized spacial score (nSPS) is 11.4. The lowest BCUT2D eigenvalue weighted by molar-refractivity contribution is -0.112. The van der Waals surface area contributed by atoms with Crippen LogP contribution in [0.1, 0.15) is 24.2 Å². The number of hydrogen-bond donors (Lipinski definition) is 1. The van der Waals surface area contributed by atoms with Gasteiger partial charge in [0.1, 0.15) is 12.6 Å². The highest BCUT2D eigenvalue weighted by Gasteiger charge is 2.20. The molecular weight excluding hydrogens is 220 g/mol. The highest BCUT2D eigenvalue weighted by Crippen LogP contribution is 2.08. The molecule has 1 amide bonds. The number of nitrogens with zero attached hydrogens (tertiary/aromatic N) is 3. The molecule has 2 aromatic rings. The Morgan fingerprint density at radius 1 is 1.53 bits per heavy atom. The summed E-state index contributed by atoms with van der Waals surface area (Å²) in [6.45, 7) is 3.26. The van der Waals surface area contributed by atoms with Crippen molar-refractivity contribution in [3.8, 4) is 0 Å². The second-order valence-electron chi connectivity index (χ2n) is 4.30. The van der Waals surface area contributed by atoms with Gasteiger partial charge in [0.15, 0.2) is 0 Å². The van der Waals surface area contributed by atoms with E-state index in [1.165, 1.54) is 6.33 Å². The monoisotopic (exact) mass is 232 g/mol. The lowest BCUT2D eigenvalue weighted by Crippen LogP contribution is -2.44. The fraction of sp³-hybridized carbons (Fsp3) is 0.273. The molecule has 6 nitrogen and oxygen atoms in total. The molecular formula is C11H12N4O2. The van der Waals surface area contributed by atoms with Gasteiger partial charge in [0.2, 0.25) is 0 Å². The Hall–Kier alpha value is -2.24. The molecule has 6 heteroatoms. The zero-order valence-electron chi connectivity index (χ0n) is 9.54. The Bertz CT molecular complexity index is 541. The van der Waals surface area contributed by atoms with E-state index in [9.17, 15) is 9.59 Å². The van der Waals surface area contributed by atoms with Gasteiger partial charge < -0.3 is 10.1 Å². The van der Waals surface area contributed by atoms with Gasteiger partial charge in [-0.15, -0.1) is 0 Å². The molecule has 17 heavy (non-hydrogen) atoms. The Morgan fingerprint density at radius 3 is 2.94 bits per heavy atom. The molecule has 0 unspecified atom stereocenters. The summed E-state index contributed by atoms with van der Waals surface area (Å²) in [5, 5.41) is 6.57. The van der Waals surface area contributed by atoms with Crippen LogP contribution in [0.25, 0.3) is 5.52 Å². The molecule has 0 aromatic carbocycles. The van der Waals surface area contributed by atoms with Crippen molar-refractivity contribution >= 4 is 17.7 Å². The lowest BCUT2D eigenvalue weighted by Gasteiger charge is -2.18. The van der Waals surface area contributed by atoms with Crippen LogP contribution in [0.4, 0.5) is 0 Å². The van der Waals surface area contributed by atoms with E-state index in [1.54, 1.807) is 36.8 Å². The molecule has 0 bridgehead atoms. The van der Waals surface area contributed by atoms with E-state index in [0.717, 1.165) is 5.52 Å². The number of rotatable bonds is 3. The van der Waals surface area contributed by atoms with E-state index >= 15 is 0 Å². The first-order valence-electron chi connectivity index (χ1n) is 5.09. The first kappa shape index (κ1) is 11.3. The summed E-state index contributed by atoms with van der Waals surface area (Å²) in [4.78, 5) is 26.4. The van der Waals surface area contributed by atoms with Gasteiger partial charge in [0.25, 0.3) is 5.91 Å². The molecule has 0 saturated heterocycles. The van der Waals surface area contributed by atoms with E-state index in [2.05, 4.69) is 15.4 Å². The van der Waals surface area contributed by atoms with Crippen LogP contribution in [0.5, 0.6) is 0 Å². The summed E-state index contributed by atoms with van der Waals surface area (Å²) in [5.41, 5.74) is 0.290. The van der Waals surface area contributed by atoms with Crippen LogP contribution in [0.2, 0.25) is 0 Å². The number of hydrogen-bond acceptors (Lipinski definition) is 4. The molecule has 2 rings (SSSR count). The van der Waals surface area contributed by atoms with Gasteiger partial charge in [-0.25, -0.2) is 9.50 Å². The van der Waals surface area contributed by atoms with E-state index in [1.807, 2.05) is 0 Å². The maximum atomic E-state index is 11.9. The van der Waals surface area contributed by atoms with E-state index in [-0.39, 0.29) is 5.91 Å². The highest BCUT2D eigenvalue weighted by molar-refractivity contribution is 5.97. The zero-order valence-corrected chi connectivity index (χ0v) is 9.54. The third-order valence-electron chi connectivity index (χ3n) is 2.27. The topological polar surface area (TPSA) is 76.4 Å². The molecule has 2 heterocycles. The molecule has 88 valence electrons. The maximum Gasteiger partial charge on any atom is 0.253 e.